The lowest BCUT2D eigenvalue weighted by Gasteiger charge is -2.26. The monoisotopic (exact) mass is 449 g/mol. The quantitative estimate of drug-likeness (QED) is 0.330. The van der Waals surface area contributed by atoms with Crippen LogP contribution in [0.4, 0.5) is 0 Å². The van der Waals surface area contributed by atoms with Crippen LogP contribution in [0.5, 0.6) is 5.75 Å². The van der Waals surface area contributed by atoms with Gasteiger partial charge in [-0.25, -0.2) is 0 Å². The van der Waals surface area contributed by atoms with Crippen molar-refractivity contribution in [3.8, 4) is 5.75 Å². The molecule has 4 heteroatoms. The van der Waals surface area contributed by atoms with Gasteiger partial charge in [-0.15, -0.1) is 0 Å². The molecule has 0 aliphatic rings. The minimum absolute atomic E-state index is 0.146. The summed E-state index contributed by atoms with van der Waals surface area (Å²) < 4.78 is 5.81. The van der Waals surface area contributed by atoms with Gasteiger partial charge in [0.2, 0.25) is 5.91 Å². The van der Waals surface area contributed by atoms with Crippen LogP contribution in [-0.4, -0.2) is 23.5 Å². The van der Waals surface area contributed by atoms with Gasteiger partial charge in [0.25, 0.3) is 0 Å². The summed E-state index contributed by atoms with van der Waals surface area (Å²) in [5.41, 5.74) is 3.56. The van der Waals surface area contributed by atoms with Crippen molar-refractivity contribution in [2.75, 3.05) is 6.54 Å². The van der Waals surface area contributed by atoms with Crippen LogP contribution < -0.4 is 4.74 Å². The Hall–Kier alpha value is -2.78. The van der Waals surface area contributed by atoms with Crippen LogP contribution in [0.25, 0.3) is 0 Å². The Morgan fingerprint density at radius 3 is 2.12 bits per heavy atom. The van der Waals surface area contributed by atoms with Crippen molar-refractivity contribution < 1.29 is 9.53 Å². The highest BCUT2D eigenvalue weighted by atomic mass is 35.5. The van der Waals surface area contributed by atoms with E-state index in [9.17, 15) is 4.79 Å². The lowest BCUT2D eigenvalue weighted by Crippen LogP contribution is -2.31. The Balaban J connectivity index is 1.80. The van der Waals surface area contributed by atoms with Gasteiger partial charge in [-0.1, -0.05) is 73.1 Å². The molecule has 1 amide bonds. The molecule has 0 N–H and O–H groups in total. The average molecular weight is 450 g/mol. The van der Waals surface area contributed by atoms with E-state index in [4.69, 9.17) is 16.3 Å². The van der Waals surface area contributed by atoms with Gasteiger partial charge in [-0.2, -0.15) is 0 Å². The molecular weight excluding hydrogens is 418 g/mol. The average Bonchev–Trinajstić information content (AvgIpc) is 2.80. The highest BCUT2D eigenvalue weighted by Crippen LogP contribution is 2.30. The smallest absolute Gasteiger partial charge is 0.222 e. The summed E-state index contributed by atoms with van der Waals surface area (Å²) in [6, 6.07) is 26.6. The zero-order chi connectivity index (χ0) is 22.9. The lowest BCUT2D eigenvalue weighted by molar-refractivity contribution is -0.131. The van der Waals surface area contributed by atoms with Crippen LogP contribution in [-0.2, 0) is 11.3 Å². The molecule has 0 aromatic heterocycles. The van der Waals surface area contributed by atoms with Crippen LogP contribution >= 0.6 is 11.6 Å². The van der Waals surface area contributed by atoms with E-state index < -0.39 is 0 Å². The third-order valence-corrected chi connectivity index (χ3v) is 5.74. The van der Waals surface area contributed by atoms with Gasteiger partial charge in [0.15, 0.2) is 0 Å². The van der Waals surface area contributed by atoms with Crippen LogP contribution in [0, 0.1) is 0 Å². The van der Waals surface area contributed by atoms with E-state index in [1.54, 1.807) is 0 Å². The number of rotatable bonds is 10. The normalized spacial score (nSPS) is 11.9. The number of ether oxygens (including phenoxy) is 1. The first kappa shape index (κ1) is 23.9. The fraction of sp³-hybridized carbons (Fsp3) is 0.321. The summed E-state index contributed by atoms with van der Waals surface area (Å²) >= 11 is 6.03. The van der Waals surface area contributed by atoms with Gasteiger partial charge < -0.3 is 9.64 Å². The van der Waals surface area contributed by atoms with E-state index in [2.05, 4.69) is 36.4 Å². The number of nitrogens with zero attached hydrogens (tertiary/aromatic N) is 1. The van der Waals surface area contributed by atoms with Gasteiger partial charge >= 0.3 is 0 Å². The maximum atomic E-state index is 12.7. The number of carbonyl (C=O) groups excluding carboxylic acids is 1. The maximum absolute atomic E-state index is 12.7. The first-order chi connectivity index (χ1) is 15.5. The van der Waals surface area contributed by atoms with Crippen molar-refractivity contribution >= 4 is 17.5 Å². The molecule has 3 aromatic rings. The Morgan fingerprint density at radius 1 is 0.906 bits per heavy atom. The molecule has 3 nitrogen and oxygen atoms in total. The predicted molar refractivity (Wildman–Crippen MR) is 132 cm³/mol. The highest BCUT2D eigenvalue weighted by molar-refractivity contribution is 6.30. The summed E-state index contributed by atoms with van der Waals surface area (Å²) in [5.74, 6) is 1.23. The molecular formula is C28H32ClNO2. The molecule has 3 aromatic carbocycles. The van der Waals surface area contributed by atoms with Gasteiger partial charge in [-0.05, 0) is 61.2 Å². The fourth-order valence-corrected chi connectivity index (χ4v) is 4.00. The fourth-order valence-electron chi connectivity index (χ4n) is 3.87. The van der Waals surface area contributed by atoms with Gasteiger partial charge in [0.1, 0.15) is 5.75 Å². The molecule has 0 unspecified atom stereocenters. The summed E-state index contributed by atoms with van der Waals surface area (Å²) in [7, 11) is 0. The molecule has 0 fully saturated rings. The van der Waals surface area contributed by atoms with Crippen LogP contribution in [0.2, 0.25) is 5.02 Å². The maximum Gasteiger partial charge on any atom is 0.222 e. The topological polar surface area (TPSA) is 29.5 Å². The van der Waals surface area contributed by atoms with Crippen molar-refractivity contribution in [1.29, 1.82) is 0 Å². The Kier molecular flexibility index (Phi) is 8.75. The first-order valence-electron chi connectivity index (χ1n) is 11.3. The summed E-state index contributed by atoms with van der Waals surface area (Å²) in [6.45, 7) is 7.24. The number of amides is 1. The van der Waals surface area contributed by atoms with E-state index in [0.29, 0.717) is 24.5 Å². The largest absolute Gasteiger partial charge is 0.491 e. The Bertz CT molecular complexity index is 969. The Labute approximate surface area is 197 Å². The summed E-state index contributed by atoms with van der Waals surface area (Å²) in [4.78, 5) is 14.7. The van der Waals surface area contributed by atoms with E-state index in [1.165, 1.54) is 11.1 Å². The highest BCUT2D eigenvalue weighted by Gasteiger charge is 2.19. The summed E-state index contributed by atoms with van der Waals surface area (Å²) in [5, 5.41) is 0.705. The number of halogens is 1. The first-order valence-corrected chi connectivity index (χ1v) is 11.7. The zero-order valence-electron chi connectivity index (χ0n) is 19.1. The SMILES string of the molecule is CCC(=O)N(CC[C@H](c1ccccc1)c1ccc(OC(C)C)cc1)Cc1ccc(Cl)cc1. The van der Waals surface area contributed by atoms with Gasteiger partial charge in [0.05, 0.1) is 6.10 Å². The van der Waals surface area contributed by atoms with Crippen molar-refractivity contribution in [1.82, 2.24) is 4.90 Å². The zero-order valence-corrected chi connectivity index (χ0v) is 19.9. The van der Waals surface area contributed by atoms with Crippen molar-refractivity contribution in [2.45, 2.75) is 52.2 Å². The lowest BCUT2D eigenvalue weighted by atomic mass is 9.88. The van der Waals surface area contributed by atoms with Crippen LogP contribution in [0.15, 0.2) is 78.9 Å². The molecule has 0 heterocycles. The minimum Gasteiger partial charge on any atom is -0.491 e. The van der Waals surface area contributed by atoms with Crippen LogP contribution in [0.1, 0.15) is 56.2 Å². The van der Waals surface area contributed by atoms with Crippen molar-refractivity contribution in [3.05, 3.63) is 101 Å². The minimum atomic E-state index is 0.146. The van der Waals surface area contributed by atoms with E-state index >= 15 is 0 Å². The van der Waals surface area contributed by atoms with E-state index in [0.717, 1.165) is 17.7 Å². The number of hydrogen-bond donors (Lipinski definition) is 0. The molecule has 32 heavy (non-hydrogen) atoms. The second-order valence-corrected chi connectivity index (χ2v) is 8.72. The summed E-state index contributed by atoms with van der Waals surface area (Å²) in [6.07, 6.45) is 1.48. The number of hydrogen-bond acceptors (Lipinski definition) is 2. The van der Waals surface area contributed by atoms with Gasteiger partial charge in [0, 0.05) is 30.5 Å². The number of benzene rings is 3. The molecule has 0 spiro atoms. The standard InChI is InChI=1S/C28H32ClNO2/c1-4-28(31)30(20-22-10-14-25(29)15-11-22)19-18-27(23-8-6-5-7-9-23)24-12-16-26(17-13-24)32-21(2)3/h5-17,21,27H,4,18-20H2,1-3H3/t27-/m1/s1. The third kappa shape index (κ3) is 6.86. The molecule has 3 rings (SSSR count). The van der Waals surface area contributed by atoms with E-state index in [-0.39, 0.29) is 17.9 Å². The second-order valence-electron chi connectivity index (χ2n) is 8.28. The molecule has 0 bridgehead atoms. The molecule has 0 aliphatic carbocycles. The predicted octanol–water partition coefficient (Wildman–Crippen LogP) is 7.09. The molecule has 0 saturated carbocycles. The molecule has 1 atom stereocenters. The number of carbonyl (C=O) groups is 1. The molecule has 168 valence electrons. The van der Waals surface area contributed by atoms with Crippen LogP contribution in [0.3, 0.4) is 0 Å². The second kappa shape index (κ2) is 11.7. The Morgan fingerprint density at radius 2 is 1.53 bits per heavy atom. The molecule has 0 radical (unpaired) electrons. The molecule has 0 saturated heterocycles. The van der Waals surface area contributed by atoms with Gasteiger partial charge in [-0.3, -0.25) is 4.79 Å². The molecule has 0 aliphatic heterocycles. The van der Waals surface area contributed by atoms with Crippen molar-refractivity contribution in [2.24, 2.45) is 0 Å². The van der Waals surface area contributed by atoms with Crippen molar-refractivity contribution in [3.63, 3.8) is 0 Å². The third-order valence-electron chi connectivity index (χ3n) is 5.49. The van der Waals surface area contributed by atoms with E-state index in [1.807, 2.05) is 68.1 Å².